The van der Waals surface area contributed by atoms with E-state index in [1.54, 1.807) is 32.8 Å². The summed E-state index contributed by atoms with van der Waals surface area (Å²) in [5, 5.41) is 13.0. The fourth-order valence-electron chi connectivity index (χ4n) is 6.65. The maximum absolute atomic E-state index is 12.8. The van der Waals surface area contributed by atoms with Crippen LogP contribution < -0.4 is 20.2 Å². The Hall–Kier alpha value is -4.90. The third kappa shape index (κ3) is 6.53. The van der Waals surface area contributed by atoms with Gasteiger partial charge in [0.25, 0.3) is 0 Å². The van der Waals surface area contributed by atoms with E-state index in [-0.39, 0.29) is 17.6 Å². The predicted molar refractivity (Wildman–Crippen MR) is 181 cm³/mol. The number of nitrogens with zero attached hydrogens (tertiary/aromatic N) is 8. The average molecular weight is 635 g/mol. The Morgan fingerprint density at radius 1 is 0.851 bits per heavy atom. The van der Waals surface area contributed by atoms with Gasteiger partial charge in [0.15, 0.2) is 0 Å². The number of hydrogen-bond acceptors (Lipinski definition) is 8. The Labute approximate surface area is 274 Å². The summed E-state index contributed by atoms with van der Waals surface area (Å²) in [5.74, 6) is 1.13. The van der Waals surface area contributed by atoms with Crippen molar-refractivity contribution in [2.24, 2.45) is 5.92 Å². The molecule has 2 aliphatic rings. The molecule has 0 spiro atoms. The molecule has 2 aliphatic heterocycles. The monoisotopic (exact) mass is 634 g/mol. The molecule has 244 valence electrons. The molecule has 2 fully saturated rings. The van der Waals surface area contributed by atoms with Crippen molar-refractivity contribution < 1.29 is 9.47 Å². The largest absolute Gasteiger partial charge is 0.493 e. The minimum atomic E-state index is -0.473. The number of aromatic nitrogens is 6. The van der Waals surface area contributed by atoms with Crippen molar-refractivity contribution in [2.45, 2.75) is 44.9 Å². The molecule has 4 heterocycles. The van der Waals surface area contributed by atoms with Gasteiger partial charge in [0, 0.05) is 43.5 Å². The SMILES string of the molecule is CC[C@H](C)n1ncn(-c2ccc(N3CCN(c4ccc(OC[C@H]5CO[C@](Cn6nccn6)(c6ccccc6)C5)cc4)CC3)cc2)c1=O. The normalized spacial score (nSPS) is 20.4. The van der Waals surface area contributed by atoms with Gasteiger partial charge < -0.3 is 19.3 Å². The molecular formula is C36H42N8O3. The Balaban J connectivity index is 0.913. The molecule has 5 aromatic rings. The van der Waals surface area contributed by atoms with Crippen LogP contribution in [0.1, 0.15) is 38.3 Å². The van der Waals surface area contributed by atoms with Crippen LogP contribution in [0.2, 0.25) is 0 Å². The van der Waals surface area contributed by atoms with Crippen LogP contribution in [0, 0.1) is 5.92 Å². The van der Waals surface area contributed by atoms with E-state index in [0.717, 1.165) is 61.7 Å². The van der Waals surface area contributed by atoms with Gasteiger partial charge in [0.05, 0.1) is 43.9 Å². The van der Waals surface area contributed by atoms with E-state index in [9.17, 15) is 4.79 Å². The molecule has 11 heteroatoms. The highest BCUT2D eigenvalue weighted by atomic mass is 16.5. The number of piperazine rings is 1. The lowest BCUT2D eigenvalue weighted by Gasteiger charge is -2.37. The van der Waals surface area contributed by atoms with Crippen molar-refractivity contribution in [1.82, 2.24) is 29.3 Å². The van der Waals surface area contributed by atoms with Crippen LogP contribution in [0.25, 0.3) is 5.69 Å². The molecular weight excluding hydrogens is 592 g/mol. The van der Waals surface area contributed by atoms with Crippen LogP contribution in [0.5, 0.6) is 5.75 Å². The van der Waals surface area contributed by atoms with E-state index in [0.29, 0.717) is 19.8 Å². The standard InChI is InChI=1S/C36H42N8O3/c1-3-28(2)44-35(45)42(27-39-44)33-11-9-31(10-12-33)40-19-21-41(22-20-40)32-13-15-34(16-14-32)46-24-29-23-36(47-25-29,26-43-37-17-18-38-43)30-7-5-4-6-8-30/h4-18,27-29H,3,19-26H2,1-2H3/t28-,29-,36+/m0/s1. The van der Waals surface area contributed by atoms with Gasteiger partial charge in [-0.3, -0.25) is 0 Å². The van der Waals surface area contributed by atoms with E-state index in [1.807, 2.05) is 25.1 Å². The highest BCUT2D eigenvalue weighted by Crippen LogP contribution is 2.40. The summed E-state index contributed by atoms with van der Waals surface area (Å²) < 4.78 is 15.9. The lowest BCUT2D eigenvalue weighted by molar-refractivity contribution is -0.0209. The summed E-state index contributed by atoms with van der Waals surface area (Å²) in [6, 6.07) is 27.1. The van der Waals surface area contributed by atoms with Crippen molar-refractivity contribution in [3.8, 4) is 11.4 Å². The minimum absolute atomic E-state index is 0.0771. The molecule has 3 aromatic carbocycles. The summed E-state index contributed by atoms with van der Waals surface area (Å²) in [5.41, 5.74) is 3.75. The summed E-state index contributed by atoms with van der Waals surface area (Å²) in [6.07, 6.45) is 6.71. The van der Waals surface area contributed by atoms with Crippen LogP contribution >= 0.6 is 0 Å². The quantitative estimate of drug-likeness (QED) is 0.202. The molecule has 3 atom stereocenters. The summed E-state index contributed by atoms with van der Waals surface area (Å²) >= 11 is 0. The van der Waals surface area contributed by atoms with Crippen molar-refractivity contribution >= 4 is 11.4 Å². The number of hydrogen-bond donors (Lipinski definition) is 0. The third-order valence-electron chi connectivity index (χ3n) is 9.54. The molecule has 11 nitrogen and oxygen atoms in total. The van der Waals surface area contributed by atoms with E-state index in [1.165, 1.54) is 5.69 Å². The van der Waals surface area contributed by atoms with Crippen molar-refractivity contribution in [1.29, 1.82) is 0 Å². The Kier molecular flexibility index (Phi) is 8.80. The number of anilines is 2. The van der Waals surface area contributed by atoms with Gasteiger partial charge in [-0.05, 0) is 73.9 Å². The van der Waals surface area contributed by atoms with Crippen LogP contribution in [-0.2, 0) is 16.9 Å². The summed E-state index contributed by atoms with van der Waals surface area (Å²) in [6.45, 7) is 9.54. The third-order valence-corrected chi connectivity index (χ3v) is 9.54. The molecule has 0 radical (unpaired) electrons. The fraction of sp³-hybridized carbons (Fsp3) is 0.389. The molecule has 2 aromatic heterocycles. The van der Waals surface area contributed by atoms with Gasteiger partial charge in [0.1, 0.15) is 17.7 Å². The zero-order valence-electron chi connectivity index (χ0n) is 27.1. The lowest BCUT2D eigenvalue weighted by atomic mass is 9.87. The Bertz CT molecular complexity index is 1780. The first-order chi connectivity index (χ1) is 23.0. The van der Waals surface area contributed by atoms with Gasteiger partial charge >= 0.3 is 5.69 Å². The predicted octanol–water partition coefficient (Wildman–Crippen LogP) is 4.93. The first kappa shape index (κ1) is 30.7. The zero-order valence-corrected chi connectivity index (χ0v) is 27.1. The van der Waals surface area contributed by atoms with E-state index >= 15 is 0 Å². The smallest absolute Gasteiger partial charge is 0.350 e. The van der Waals surface area contributed by atoms with E-state index < -0.39 is 5.60 Å². The average Bonchev–Trinajstić information content (AvgIpc) is 3.89. The van der Waals surface area contributed by atoms with Gasteiger partial charge in [-0.1, -0.05) is 37.3 Å². The van der Waals surface area contributed by atoms with Crippen molar-refractivity contribution in [3.63, 3.8) is 0 Å². The molecule has 0 unspecified atom stereocenters. The van der Waals surface area contributed by atoms with Gasteiger partial charge in [0.2, 0.25) is 0 Å². The second kappa shape index (κ2) is 13.4. The van der Waals surface area contributed by atoms with Gasteiger partial charge in [-0.2, -0.15) is 20.1 Å². The summed E-state index contributed by atoms with van der Waals surface area (Å²) in [7, 11) is 0. The molecule has 47 heavy (non-hydrogen) atoms. The molecule has 0 bridgehead atoms. The van der Waals surface area contributed by atoms with Crippen molar-refractivity contribution in [2.75, 3.05) is 49.2 Å². The van der Waals surface area contributed by atoms with Crippen molar-refractivity contribution in [3.05, 3.63) is 114 Å². The first-order valence-corrected chi connectivity index (χ1v) is 16.5. The minimum Gasteiger partial charge on any atom is -0.493 e. The zero-order chi connectivity index (χ0) is 32.2. The maximum atomic E-state index is 12.8. The number of rotatable bonds is 11. The molecule has 0 N–H and O–H groups in total. The van der Waals surface area contributed by atoms with Crippen LogP contribution in [0.15, 0.2) is 102 Å². The fourth-order valence-corrected chi connectivity index (χ4v) is 6.65. The molecule has 2 saturated heterocycles. The van der Waals surface area contributed by atoms with Crippen LogP contribution in [-0.4, -0.2) is 68.7 Å². The topological polar surface area (TPSA) is 95.5 Å². The van der Waals surface area contributed by atoms with Crippen LogP contribution in [0.3, 0.4) is 0 Å². The number of ether oxygens (including phenoxy) is 2. The first-order valence-electron chi connectivity index (χ1n) is 16.5. The number of benzene rings is 3. The molecule has 0 aliphatic carbocycles. The van der Waals surface area contributed by atoms with Gasteiger partial charge in [-0.15, -0.1) is 0 Å². The second-order valence-corrected chi connectivity index (χ2v) is 12.6. The highest BCUT2D eigenvalue weighted by molar-refractivity contribution is 5.54. The summed E-state index contributed by atoms with van der Waals surface area (Å²) in [4.78, 5) is 19.3. The van der Waals surface area contributed by atoms with Crippen LogP contribution in [0.4, 0.5) is 11.4 Å². The lowest BCUT2D eigenvalue weighted by Crippen LogP contribution is -2.46. The van der Waals surface area contributed by atoms with E-state index in [2.05, 4.69) is 92.7 Å². The molecule has 7 rings (SSSR count). The Morgan fingerprint density at radius 2 is 1.47 bits per heavy atom. The van der Waals surface area contributed by atoms with E-state index in [4.69, 9.17) is 9.47 Å². The maximum Gasteiger partial charge on any atom is 0.350 e. The second-order valence-electron chi connectivity index (χ2n) is 12.6. The van der Waals surface area contributed by atoms with Gasteiger partial charge in [-0.25, -0.2) is 14.0 Å². The highest BCUT2D eigenvalue weighted by Gasteiger charge is 2.43. The molecule has 0 saturated carbocycles. The Morgan fingerprint density at radius 3 is 2.11 bits per heavy atom. The molecule has 0 amide bonds.